The first-order valence-corrected chi connectivity index (χ1v) is 8.55. The molecule has 0 aromatic heterocycles. The third-order valence-electron chi connectivity index (χ3n) is 5.30. The number of fused-ring (bicyclic) bond motifs is 2. The number of benzene rings is 1. The van der Waals surface area contributed by atoms with Crippen molar-refractivity contribution in [3.8, 4) is 0 Å². The summed E-state index contributed by atoms with van der Waals surface area (Å²) in [7, 11) is 0. The summed E-state index contributed by atoms with van der Waals surface area (Å²) >= 11 is 0. The van der Waals surface area contributed by atoms with Gasteiger partial charge in [-0.3, -0.25) is 4.79 Å². The van der Waals surface area contributed by atoms with Gasteiger partial charge >= 0.3 is 0 Å². The van der Waals surface area contributed by atoms with Crippen LogP contribution in [0.15, 0.2) is 30.3 Å². The van der Waals surface area contributed by atoms with Gasteiger partial charge in [-0.25, -0.2) is 0 Å². The van der Waals surface area contributed by atoms with Crippen LogP contribution >= 0.6 is 0 Å². The predicted molar refractivity (Wildman–Crippen MR) is 85.7 cm³/mol. The van der Waals surface area contributed by atoms with Crippen molar-refractivity contribution in [3.63, 3.8) is 0 Å². The Morgan fingerprint density at radius 1 is 1.18 bits per heavy atom. The number of hydrogen-bond acceptors (Lipinski definition) is 3. The average Bonchev–Trinajstić information content (AvgIpc) is 3.18. The van der Waals surface area contributed by atoms with E-state index in [4.69, 9.17) is 4.74 Å². The zero-order chi connectivity index (χ0) is 14.9. The highest BCUT2D eigenvalue weighted by Crippen LogP contribution is 2.39. The molecule has 0 radical (unpaired) electrons. The summed E-state index contributed by atoms with van der Waals surface area (Å²) < 4.78 is 5.86. The van der Waals surface area contributed by atoms with Crippen molar-refractivity contribution < 1.29 is 9.53 Å². The highest BCUT2D eigenvalue weighted by Gasteiger charge is 2.46. The van der Waals surface area contributed by atoms with Crippen LogP contribution < -0.4 is 5.32 Å². The molecule has 2 bridgehead atoms. The molecule has 3 saturated heterocycles. The molecule has 1 aromatic carbocycles. The Hall–Kier alpha value is -1.55. The maximum absolute atomic E-state index is 12.8. The van der Waals surface area contributed by atoms with Crippen molar-refractivity contribution in [2.24, 2.45) is 5.92 Å². The van der Waals surface area contributed by atoms with E-state index in [1.54, 1.807) is 0 Å². The first-order valence-electron chi connectivity index (χ1n) is 8.55. The van der Waals surface area contributed by atoms with Crippen LogP contribution in [0.25, 0.3) is 0 Å². The molecule has 0 saturated carbocycles. The molecular formula is C18H24N2O2. The molecule has 0 spiro atoms. The number of nitrogens with zero attached hydrogens (tertiary/aromatic N) is 1. The van der Waals surface area contributed by atoms with Gasteiger partial charge in [0.1, 0.15) is 0 Å². The molecule has 3 heterocycles. The zero-order valence-corrected chi connectivity index (χ0v) is 12.9. The summed E-state index contributed by atoms with van der Waals surface area (Å²) in [5, 5.41) is 3.57. The van der Waals surface area contributed by atoms with Crippen molar-refractivity contribution in [3.05, 3.63) is 30.3 Å². The number of likely N-dealkylation sites (tertiary alicyclic amines) is 1. The van der Waals surface area contributed by atoms with Crippen LogP contribution in [0.1, 0.15) is 32.1 Å². The van der Waals surface area contributed by atoms with E-state index >= 15 is 0 Å². The van der Waals surface area contributed by atoms with E-state index in [-0.39, 0.29) is 12.0 Å². The summed E-state index contributed by atoms with van der Waals surface area (Å²) in [4.78, 5) is 14.9. The van der Waals surface area contributed by atoms with Crippen LogP contribution in [0.5, 0.6) is 0 Å². The van der Waals surface area contributed by atoms with Crippen molar-refractivity contribution in [2.45, 2.75) is 50.4 Å². The lowest BCUT2D eigenvalue weighted by Crippen LogP contribution is -2.48. The Morgan fingerprint density at radius 2 is 2.05 bits per heavy atom. The standard InChI is InChI=1S/C18H24N2O2/c21-18(16-11-15-8-9-17(16)22-15)20-10-4-7-14(12-20)19-13-5-2-1-3-6-13/h1-3,5-6,14-17,19H,4,7-12H2/t14-,15-,16+,17-/m1/s1. The summed E-state index contributed by atoms with van der Waals surface area (Å²) in [6.45, 7) is 1.72. The van der Waals surface area contributed by atoms with Gasteiger partial charge in [-0.05, 0) is 44.2 Å². The number of piperidine rings is 1. The van der Waals surface area contributed by atoms with Gasteiger partial charge in [0.15, 0.2) is 0 Å². The van der Waals surface area contributed by atoms with Gasteiger partial charge in [0, 0.05) is 24.8 Å². The molecule has 22 heavy (non-hydrogen) atoms. The maximum atomic E-state index is 12.8. The molecule has 3 fully saturated rings. The molecule has 4 nitrogen and oxygen atoms in total. The Labute approximate surface area is 131 Å². The normalized spacial score (nSPS) is 33.9. The van der Waals surface area contributed by atoms with Gasteiger partial charge in [0.05, 0.1) is 18.1 Å². The minimum atomic E-state index is 0.120. The molecule has 4 heteroatoms. The van der Waals surface area contributed by atoms with E-state index in [0.29, 0.717) is 18.1 Å². The largest absolute Gasteiger partial charge is 0.381 e. The molecule has 3 aliphatic heterocycles. The number of hydrogen-bond donors (Lipinski definition) is 1. The van der Waals surface area contributed by atoms with Gasteiger partial charge < -0.3 is 15.0 Å². The molecule has 1 amide bonds. The SMILES string of the molecule is O=C([C@H]1C[C@H]2CC[C@H]1O2)N1CCC[C@@H](Nc2ccccc2)C1. The fourth-order valence-corrected chi connectivity index (χ4v) is 4.20. The number of amides is 1. The number of anilines is 1. The van der Waals surface area contributed by atoms with Crippen molar-refractivity contribution >= 4 is 11.6 Å². The predicted octanol–water partition coefficient (Wildman–Crippen LogP) is 2.66. The van der Waals surface area contributed by atoms with Crippen molar-refractivity contribution in [2.75, 3.05) is 18.4 Å². The Balaban J connectivity index is 1.37. The second kappa shape index (κ2) is 5.92. The van der Waals surface area contributed by atoms with E-state index in [1.807, 2.05) is 18.2 Å². The van der Waals surface area contributed by atoms with E-state index in [2.05, 4.69) is 22.3 Å². The minimum absolute atomic E-state index is 0.120. The number of para-hydroxylation sites is 1. The van der Waals surface area contributed by atoms with Crippen molar-refractivity contribution in [1.29, 1.82) is 0 Å². The Morgan fingerprint density at radius 3 is 2.77 bits per heavy atom. The lowest BCUT2D eigenvalue weighted by molar-refractivity contribution is -0.138. The lowest BCUT2D eigenvalue weighted by Gasteiger charge is -2.36. The number of ether oxygens (including phenoxy) is 1. The topological polar surface area (TPSA) is 41.6 Å². The molecule has 118 valence electrons. The zero-order valence-electron chi connectivity index (χ0n) is 12.9. The van der Waals surface area contributed by atoms with Crippen LogP contribution in [-0.2, 0) is 9.53 Å². The van der Waals surface area contributed by atoms with Gasteiger partial charge in [-0.1, -0.05) is 18.2 Å². The molecular weight excluding hydrogens is 276 g/mol. The first-order chi connectivity index (χ1) is 10.8. The fraction of sp³-hybridized carbons (Fsp3) is 0.611. The summed E-state index contributed by atoms with van der Waals surface area (Å²) in [6.07, 6.45) is 5.91. The lowest BCUT2D eigenvalue weighted by atomic mass is 9.87. The Kier molecular flexibility index (Phi) is 3.78. The minimum Gasteiger partial charge on any atom is -0.381 e. The molecule has 4 rings (SSSR count). The van der Waals surface area contributed by atoms with Crippen LogP contribution in [0, 0.1) is 5.92 Å². The van der Waals surface area contributed by atoms with E-state index < -0.39 is 0 Å². The van der Waals surface area contributed by atoms with Crippen LogP contribution in [-0.4, -0.2) is 42.1 Å². The third-order valence-corrected chi connectivity index (χ3v) is 5.30. The number of carbonyl (C=O) groups excluding carboxylic acids is 1. The summed E-state index contributed by atoms with van der Waals surface area (Å²) in [5.74, 6) is 0.445. The third kappa shape index (κ3) is 2.72. The number of rotatable bonds is 3. The number of carbonyl (C=O) groups is 1. The summed E-state index contributed by atoms with van der Waals surface area (Å²) in [6, 6.07) is 10.6. The van der Waals surface area contributed by atoms with Crippen LogP contribution in [0.3, 0.4) is 0 Å². The van der Waals surface area contributed by atoms with Gasteiger partial charge in [0.25, 0.3) is 0 Å². The quantitative estimate of drug-likeness (QED) is 0.933. The Bertz CT molecular complexity index is 533. The maximum Gasteiger partial charge on any atom is 0.228 e. The molecule has 1 aromatic rings. The van der Waals surface area contributed by atoms with Crippen molar-refractivity contribution in [1.82, 2.24) is 4.90 Å². The van der Waals surface area contributed by atoms with Gasteiger partial charge in [-0.15, -0.1) is 0 Å². The molecule has 3 aliphatic rings. The smallest absolute Gasteiger partial charge is 0.228 e. The molecule has 0 aliphatic carbocycles. The average molecular weight is 300 g/mol. The van der Waals surface area contributed by atoms with E-state index in [1.165, 1.54) is 0 Å². The van der Waals surface area contributed by atoms with Gasteiger partial charge in [-0.2, -0.15) is 0 Å². The van der Waals surface area contributed by atoms with E-state index in [0.717, 1.165) is 50.9 Å². The molecule has 1 N–H and O–H groups in total. The highest BCUT2D eigenvalue weighted by atomic mass is 16.5. The molecule has 0 unspecified atom stereocenters. The second-order valence-corrected chi connectivity index (χ2v) is 6.85. The molecule has 4 atom stereocenters. The number of nitrogens with one attached hydrogen (secondary N) is 1. The van der Waals surface area contributed by atoms with E-state index in [9.17, 15) is 4.79 Å². The van der Waals surface area contributed by atoms with Crippen LogP contribution in [0.2, 0.25) is 0 Å². The van der Waals surface area contributed by atoms with Crippen LogP contribution in [0.4, 0.5) is 5.69 Å². The monoisotopic (exact) mass is 300 g/mol. The first kappa shape index (κ1) is 14.1. The van der Waals surface area contributed by atoms with Gasteiger partial charge in [0.2, 0.25) is 5.91 Å². The highest BCUT2D eigenvalue weighted by molar-refractivity contribution is 5.80. The summed E-state index contributed by atoms with van der Waals surface area (Å²) in [5.41, 5.74) is 1.14. The fourth-order valence-electron chi connectivity index (χ4n) is 4.20. The second-order valence-electron chi connectivity index (χ2n) is 6.85.